The van der Waals surface area contributed by atoms with Gasteiger partial charge in [-0.3, -0.25) is 0 Å². The number of amides is 3. The molecule has 6 heteroatoms. The van der Waals surface area contributed by atoms with Crippen molar-refractivity contribution in [3.8, 4) is 0 Å². The van der Waals surface area contributed by atoms with Gasteiger partial charge >= 0.3 is 12.1 Å². The first kappa shape index (κ1) is 14.3. The summed E-state index contributed by atoms with van der Waals surface area (Å²) in [5, 5.41) is 2.81. The van der Waals surface area contributed by atoms with Gasteiger partial charge in [0.15, 0.2) is 6.23 Å². The molecule has 1 aliphatic heterocycles. The van der Waals surface area contributed by atoms with Crippen LogP contribution < -0.4 is 5.32 Å². The number of ether oxygens (including phenoxy) is 2. The molecule has 0 aromatic carbocycles. The molecule has 4 aliphatic carbocycles. The Morgan fingerprint density at radius 2 is 1.68 bits per heavy atom. The van der Waals surface area contributed by atoms with Crippen LogP contribution in [0, 0.1) is 23.2 Å². The molecule has 0 radical (unpaired) electrons. The lowest BCUT2D eigenvalue weighted by molar-refractivity contribution is -0.114. The van der Waals surface area contributed by atoms with Crippen LogP contribution >= 0.6 is 0 Å². The van der Waals surface area contributed by atoms with Gasteiger partial charge in [-0.15, -0.1) is 0 Å². The van der Waals surface area contributed by atoms with Crippen LogP contribution in [-0.2, 0) is 9.47 Å². The average molecular weight is 308 g/mol. The lowest BCUT2D eigenvalue weighted by Crippen LogP contribution is -2.59. The van der Waals surface area contributed by atoms with E-state index >= 15 is 0 Å². The third-order valence-corrected chi connectivity index (χ3v) is 6.39. The molecule has 1 N–H and O–H groups in total. The smallest absolute Gasteiger partial charge is 0.418 e. The van der Waals surface area contributed by atoms with Gasteiger partial charge in [0.2, 0.25) is 0 Å². The third-order valence-electron chi connectivity index (χ3n) is 6.39. The Morgan fingerprint density at radius 3 is 2.14 bits per heavy atom. The number of carbonyl (C=O) groups excluding carboxylic acids is 2. The van der Waals surface area contributed by atoms with E-state index in [1.54, 1.807) is 7.11 Å². The number of rotatable bonds is 2. The van der Waals surface area contributed by atoms with Gasteiger partial charge in [-0.25, -0.2) is 14.5 Å². The van der Waals surface area contributed by atoms with E-state index in [0.717, 1.165) is 37.0 Å². The quantitative estimate of drug-likeness (QED) is 0.850. The molecule has 0 aromatic rings. The standard InChI is InChI=1S/C16H24N2O4/c1-21-13-12(18(14(19)17-13)15(20)22-2)16-6-9-3-10(7-16)5-11(4-9)8-16/h9-13H,3-8H2,1-2H3,(H,17,19)/t9?,10?,11?,12-,13+,16?/m1/s1. The zero-order chi connectivity index (χ0) is 15.5. The maximum absolute atomic E-state index is 12.3. The second kappa shape index (κ2) is 4.85. The Bertz CT molecular complexity index is 471. The average Bonchev–Trinajstić information content (AvgIpc) is 2.82. The summed E-state index contributed by atoms with van der Waals surface area (Å²) >= 11 is 0. The summed E-state index contributed by atoms with van der Waals surface area (Å²) in [5.41, 5.74) is 0.00275. The number of imide groups is 1. The predicted molar refractivity (Wildman–Crippen MR) is 78.0 cm³/mol. The molecule has 5 aliphatic rings. The topological polar surface area (TPSA) is 67.9 Å². The van der Waals surface area contributed by atoms with E-state index in [1.807, 2.05) is 0 Å². The third kappa shape index (κ3) is 1.89. The molecule has 2 atom stereocenters. The number of urea groups is 1. The van der Waals surface area contributed by atoms with Gasteiger partial charge in [-0.05, 0) is 61.7 Å². The van der Waals surface area contributed by atoms with Crippen molar-refractivity contribution < 1.29 is 19.1 Å². The van der Waals surface area contributed by atoms with Crippen molar-refractivity contribution in [1.29, 1.82) is 0 Å². The Hall–Kier alpha value is -1.30. The fraction of sp³-hybridized carbons (Fsp3) is 0.875. The van der Waals surface area contributed by atoms with Crippen LogP contribution in [0.15, 0.2) is 0 Å². The highest BCUT2D eigenvalue weighted by molar-refractivity contribution is 5.93. The molecule has 0 aromatic heterocycles. The normalized spacial score (nSPS) is 46.0. The predicted octanol–water partition coefficient (Wildman–Crippen LogP) is 2.34. The summed E-state index contributed by atoms with van der Waals surface area (Å²) in [6.07, 6.45) is 6.28. The van der Waals surface area contributed by atoms with Crippen LogP contribution in [0.4, 0.5) is 9.59 Å². The Morgan fingerprint density at radius 1 is 1.14 bits per heavy atom. The van der Waals surface area contributed by atoms with Crippen molar-refractivity contribution >= 4 is 12.1 Å². The fourth-order valence-electron chi connectivity index (χ4n) is 6.15. The first-order valence-electron chi connectivity index (χ1n) is 8.27. The van der Waals surface area contributed by atoms with Crippen LogP contribution in [-0.4, -0.2) is 43.5 Å². The van der Waals surface area contributed by atoms with Crippen LogP contribution in [0.1, 0.15) is 38.5 Å². The van der Waals surface area contributed by atoms with Crippen molar-refractivity contribution in [3.63, 3.8) is 0 Å². The molecule has 1 heterocycles. The monoisotopic (exact) mass is 308 g/mol. The summed E-state index contributed by atoms with van der Waals surface area (Å²) in [6, 6.07) is -0.634. The first-order chi connectivity index (χ1) is 10.6. The SMILES string of the molecule is COC(=O)N1C(=O)N[C@@H](OC)[C@@H]1C12CC3CC(CC(C3)C1)C2. The molecule has 5 rings (SSSR count). The number of nitrogens with one attached hydrogen (secondary N) is 1. The van der Waals surface area contributed by atoms with Crippen LogP contribution in [0.25, 0.3) is 0 Å². The van der Waals surface area contributed by atoms with Crippen molar-refractivity contribution in [2.75, 3.05) is 14.2 Å². The van der Waals surface area contributed by atoms with Gasteiger partial charge in [0.1, 0.15) is 0 Å². The lowest BCUT2D eigenvalue weighted by atomic mass is 9.47. The maximum atomic E-state index is 12.3. The molecule has 22 heavy (non-hydrogen) atoms. The van der Waals surface area contributed by atoms with E-state index in [2.05, 4.69) is 5.32 Å². The number of carbonyl (C=O) groups is 2. The Kier molecular flexibility index (Phi) is 3.15. The van der Waals surface area contributed by atoms with Gasteiger partial charge in [-0.2, -0.15) is 0 Å². The second-order valence-corrected chi connectivity index (χ2v) is 7.67. The van der Waals surface area contributed by atoms with Crippen molar-refractivity contribution in [2.45, 2.75) is 50.8 Å². The summed E-state index contributed by atoms with van der Waals surface area (Å²) in [5.74, 6) is 2.25. The summed E-state index contributed by atoms with van der Waals surface area (Å²) in [7, 11) is 2.92. The van der Waals surface area contributed by atoms with Crippen LogP contribution in [0.2, 0.25) is 0 Å². The maximum Gasteiger partial charge on any atom is 0.418 e. The van der Waals surface area contributed by atoms with Gasteiger partial charge in [0.25, 0.3) is 0 Å². The molecule has 1 saturated heterocycles. The molecule has 3 amide bonds. The zero-order valence-electron chi connectivity index (χ0n) is 13.2. The van der Waals surface area contributed by atoms with E-state index in [9.17, 15) is 9.59 Å². The minimum absolute atomic E-state index is 0.00275. The number of methoxy groups -OCH3 is 2. The highest BCUT2D eigenvalue weighted by Crippen LogP contribution is 2.62. The number of hydrogen-bond donors (Lipinski definition) is 1. The molecular weight excluding hydrogens is 284 g/mol. The second-order valence-electron chi connectivity index (χ2n) is 7.67. The molecule has 6 nitrogen and oxygen atoms in total. The molecule has 122 valence electrons. The van der Waals surface area contributed by atoms with E-state index in [4.69, 9.17) is 9.47 Å². The molecule has 4 bridgehead atoms. The molecule has 0 unspecified atom stereocenters. The fourth-order valence-corrected chi connectivity index (χ4v) is 6.15. The highest BCUT2D eigenvalue weighted by Gasteiger charge is 2.61. The van der Waals surface area contributed by atoms with Crippen molar-refractivity contribution in [3.05, 3.63) is 0 Å². The largest absolute Gasteiger partial charge is 0.452 e. The van der Waals surface area contributed by atoms with Gasteiger partial charge in [0.05, 0.1) is 13.2 Å². The summed E-state index contributed by atoms with van der Waals surface area (Å²) in [4.78, 5) is 25.7. The number of nitrogens with zero attached hydrogens (tertiary/aromatic N) is 1. The Balaban J connectivity index is 1.71. The molecule has 4 saturated carbocycles. The minimum Gasteiger partial charge on any atom is -0.452 e. The molecule has 5 fully saturated rings. The van der Waals surface area contributed by atoms with Crippen LogP contribution in [0.5, 0.6) is 0 Å². The van der Waals surface area contributed by atoms with E-state index in [1.165, 1.54) is 31.3 Å². The molecular formula is C16H24N2O4. The van der Waals surface area contributed by atoms with Gasteiger partial charge < -0.3 is 14.8 Å². The summed E-state index contributed by atoms with van der Waals surface area (Å²) in [6.45, 7) is 0. The van der Waals surface area contributed by atoms with E-state index in [-0.39, 0.29) is 17.5 Å². The van der Waals surface area contributed by atoms with Crippen molar-refractivity contribution in [2.24, 2.45) is 23.2 Å². The highest BCUT2D eigenvalue weighted by atomic mass is 16.5. The van der Waals surface area contributed by atoms with Crippen LogP contribution in [0.3, 0.4) is 0 Å². The molecule has 0 spiro atoms. The van der Waals surface area contributed by atoms with E-state index in [0.29, 0.717) is 0 Å². The van der Waals surface area contributed by atoms with Crippen molar-refractivity contribution in [1.82, 2.24) is 10.2 Å². The summed E-state index contributed by atoms with van der Waals surface area (Å²) < 4.78 is 10.4. The van der Waals surface area contributed by atoms with E-state index < -0.39 is 12.3 Å². The zero-order valence-corrected chi connectivity index (χ0v) is 13.2. The number of hydrogen-bond acceptors (Lipinski definition) is 4. The minimum atomic E-state index is -0.571. The lowest BCUT2D eigenvalue weighted by Gasteiger charge is -2.59. The van der Waals surface area contributed by atoms with Gasteiger partial charge in [-0.1, -0.05) is 0 Å². The first-order valence-corrected chi connectivity index (χ1v) is 8.27. The Labute approximate surface area is 130 Å². The van der Waals surface area contributed by atoms with Gasteiger partial charge in [0, 0.05) is 7.11 Å².